The lowest BCUT2D eigenvalue weighted by atomic mass is 9.92. The summed E-state index contributed by atoms with van der Waals surface area (Å²) in [5, 5.41) is 4.89. The van der Waals surface area contributed by atoms with Gasteiger partial charge in [0.05, 0.1) is 10.9 Å². The van der Waals surface area contributed by atoms with E-state index in [0.29, 0.717) is 22.3 Å². The molecule has 0 amide bonds. The normalized spacial score (nSPS) is 11.4. The fourth-order valence-electron chi connectivity index (χ4n) is 4.44. The summed E-state index contributed by atoms with van der Waals surface area (Å²) in [6.07, 6.45) is 0. The Kier molecular flexibility index (Phi) is 3.97. The zero-order valence-corrected chi connectivity index (χ0v) is 16.7. The van der Waals surface area contributed by atoms with E-state index in [2.05, 4.69) is 36.4 Å². The van der Waals surface area contributed by atoms with Gasteiger partial charge in [0.25, 0.3) is 0 Å². The first kappa shape index (κ1) is 17.7. The third kappa shape index (κ3) is 2.77. The van der Waals surface area contributed by atoms with Crippen LogP contribution < -0.4 is 5.43 Å². The van der Waals surface area contributed by atoms with Gasteiger partial charge in [0, 0.05) is 5.56 Å². The van der Waals surface area contributed by atoms with Gasteiger partial charge in [0.1, 0.15) is 11.3 Å². The minimum atomic E-state index is -0.0128. The highest BCUT2D eigenvalue weighted by molar-refractivity contribution is 6.05. The van der Waals surface area contributed by atoms with Gasteiger partial charge in [-0.2, -0.15) is 0 Å². The molecule has 0 N–H and O–H groups in total. The van der Waals surface area contributed by atoms with Crippen LogP contribution in [0.2, 0.25) is 0 Å². The van der Waals surface area contributed by atoms with Gasteiger partial charge in [-0.05, 0) is 39.2 Å². The molecule has 0 atom stereocenters. The monoisotopic (exact) mass is 398 g/mol. The van der Waals surface area contributed by atoms with E-state index in [1.165, 1.54) is 0 Å². The Labute approximate surface area is 179 Å². The van der Waals surface area contributed by atoms with Crippen molar-refractivity contribution in [3.8, 4) is 22.5 Å². The molecule has 0 saturated carbocycles. The summed E-state index contributed by atoms with van der Waals surface area (Å²) >= 11 is 0. The van der Waals surface area contributed by atoms with Crippen molar-refractivity contribution in [2.24, 2.45) is 0 Å². The van der Waals surface area contributed by atoms with Gasteiger partial charge in [0.2, 0.25) is 5.43 Å². The number of benzene rings is 5. The maximum Gasteiger partial charge on any atom is 0.201 e. The molecule has 0 unspecified atom stereocenters. The van der Waals surface area contributed by atoms with Gasteiger partial charge in [-0.1, -0.05) is 97.1 Å². The van der Waals surface area contributed by atoms with Crippen LogP contribution in [0.5, 0.6) is 0 Å². The molecule has 0 radical (unpaired) electrons. The third-order valence-corrected chi connectivity index (χ3v) is 5.89. The van der Waals surface area contributed by atoms with Gasteiger partial charge < -0.3 is 4.42 Å². The van der Waals surface area contributed by atoms with Crippen LogP contribution in [0.4, 0.5) is 0 Å². The molecule has 0 saturated heterocycles. The lowest BCUT2D eigenvalue weighted by Crippen LogP contribution is -2.08. The molecule has 0 fully saturated rings. The highest BCUT2D eigenvalue weighted by atomic mass is 16.3. The predicted molar refractivity (Wildman–Crippen MR) is 128 cm³/mol. The highest BCUT2D eigenvalue weighted by Gasteiger charge is 2.20. The van der Waals surface area contributed by atoms with E-state index in [9.17, 15) is 4.79 Å². The summed E-state index contributed by atoms with van der Waals surface area (Å²) in [5.74, 6) is 0.608. The Balaban J connectivity index is 1.81. The molecule has 0 spiro atoms. The molecule has 0 aliphatic rings. The Morgan fingerprint density at radius 2 is 1.00 bits per heavy atom. The summed E-state index contributed by atoms with van der Waals surface area (Å²) in [4.78, 5) is 13.8. The molecule has 5 aromatic carbocycles. The van der Waals surface area contributed by atoms with Crippen LogP contribution in [0.25, 0.3) is 55.0 Å². The smallest absolute Gasteiger partial charge is 0.201 e. The van der Waals surface area contributed by atoms with E-state index in [-0.39, 0.29) is 5.43 Å². The van der Waals surface area contributed by atoms with Crippen molar-refractivity contribution in [3.05, 3.63) is 119 Å². The van der Waals surface area contributed by atoms with Crippen molar-refractivity contribution in [2.75, 3.05) is 0 Å². The fourth-order valence-corrected chi connectivity index (χ4v) is 4.44. The molecule has 1 aromatic heterocycles. The van der Waals surface area contributed by atoms with Crippen LogP contribution >= 0.6 is 0 Å². The van der Waals surface area contributed by atoms with E-state index in [0.717, 1.165) is 32.7 Å². The topological polar surface area (TPSA) is 30.2 Å². The Hall–Kier alpha value is -4.17. The van der Waals surface area contributed by atoms with Crippen LogP contribution in [0.3, 0.4) is 0 Å². The molecule has 1 heterocycles. The predicted octanol–water partition coefficient (Wildman–Crippen LogP) is 7.43. The average Bonchev–Trinajstić information content (AvgIpc) is 2.83. The zero-order valence-electron chi connectivity index (χ0n) is 16.7. The van der Waals surface area contributed by atoms with Crippen molar-refractivity contribution >= 4 is 32.5 Å². The van der Waals surface area contributed by atoms with Crippen molar-refractivity contribution in [1.29, 1.82) is 0 Å². The molecule has 2 nitrogen and oxygen atoms in total. The van der Waals surface area contributed by atoms with Crippen LogP contribution in [-0.4, -0.2) is 0 Å². The lowest BCUT2D eigenvalue weighted by Gasteiger charge is -2.14. The molecule has 0 aliphatic carbocycles. The quantitative estimate of drug-likeness (QED) is 0.303. The van der Waals surface area contributed by atoms with Crippen molar-refractivity contribution < 1.29 is 4.42 Å². The molecule has 6 rings (SSSR count). The number of fused-ring (bicyclic) bond motifs is 3. The van der Waals surface area contributed by atoms with E-state index >= 15 is 0 Å². The maximum atomic E-state index is 13.8. The second-order valence-electron chi connectivity index (χ2n) is 7.68. The summed E-state index contributed by atoms with van der Waals surface area (Å²) in [7, 11) is 0. The molecular formula is C29H18O2. The average molecular weight is 398 g/mol. The molecule has 0 bridgehead atoms. The summed E-state index contributed by atoms with van der Waals surface area (Å²) in [6, 6.07) is 36.0. The maximum absolute atomic E-state index is 13.8. The number of para-hydroxylation sites is 1. The van der Waals surface area contributed by atoms with E-state index in [1.54, 1.807) is 0 Å². The largest absolute Gasteiger partial charge is 0.455 e. The van der Waals surface area contributed by atoms with Crippen LogP contribution in [0.15, 0.2) is 118 Å². The molecule has 0 aliphatic heterocycles. The van der Waals surface area contributed by atoms with Gasteiger partial charge in [-0.15, -0.1) is 0 Å². The molecule has 2 heteroatoms. The van der Waals surface area contributed by atoms with Crippen molar-refractivity contribution in [3.63, 3.8) is 0 Å². The number of rotatable bonds is 2. The van der Waals surface area contributed by atoms with Crippen molar-refractivity contribution in [1.82, 2.24) is 0 Å². The van der Waals surface area contributed by atoms with E-state index in [1.807, 2.05) is 72.8 Å². The first-order valence-corrected chi connectivity index (χ1v) is 10.3. The lowest BCUT2D eigenvalue weighted by molar-refractivity contribution is 0.621. The SMILES string of the molecule is O=c1c(-c2cccc3ccccc23)c(-c2cccc3ccccc23)oc2ccccc12. The minimum Gasteiger partial charge on any atom is -0.455 e. The summed E-state index contributed by atoms with van der Waals surface area (Å²) in [6.45, 7) is 0. The van der Waals surface area contributed by atoms with Gasteiger partial charge in [0.15, 0.2) is 0 Å². The molecule has 31 heavy (non-hydrogen) atoms. The van der Waals surface area contributed by atoms with E-state index < -0.39 is 0 Å². The highest BCUT2D eigenvalue weighted by Crippen LogP contribution is 2.38. The molecular weight excluding hydrogens is 380 g/mol. The number of hydrogen-bond donors (Lipinski definition) is 0. The number of hydrogen-bond acceptors (Lipinski definition) is 2. The van der Waals surface area contributed by atoms with E-state index in [4.69, 9.17) is 4.42 Å². The zero-order chi connectivity index (χ0) is 20.8. The first-order chi connectivity index (χ1) is 15.3. The van der Waals surface area contributed by atoms with Gasteiger partial charge in [-0.25, -0.2) is 0 Å². The fraction of sp³-hybridized carbons (Fsp3) is 0. The van der Waals surface area contributed by atoms with Crippen LogP contribution in [0, 0.1) is 0 Å². The molecule has 146 valence electrons. The first-order valence-electron chi connectivity index (χ1n) is 10.3. The molecule has 6 aromatic rings. The van der Waals surface area contributed by atoms with Crippen LogP contribution in [0.1, 0.15) is 0 Å². The van der Waals surface area contributed by atoms with Gasteiger partial charge >= 0.3 is 0 Å². The van der Waals surface area contributed by atoms with Gasteiger partial charge in [-0.3, -0.25) is 4.79 Å². The summed E-state index contributed by atoms with van der Waals surface area (Å²) in [5.41, 5.74) is 3.00. The minimum absolute atomic E-state index is 0.0128. The van der Waals surface area contributed by atoms with Crippen molar-refractivity contribution in [2.45, 2.75) is 0 Å². The Bertz CT molecular complexity index is 1650. The second-order valence-corrected chi connectivity index (χ2v) is 7.68. The Morgan fingerprint density at radius 1 is 0.484 bits per heavy atom. The second kappa shape index (κ2) is 6.96. The standard InChI is InChI=1S/C29H18O2/c30-28-25-15-5-6-18-26(25)31-29(24-17-8-12-20-10-2-4-14-22(20)24)27(28)23-16-7-11-19-9-1-3-13-21(19)23/h1-18H. The third-order valence-electron chi connectivity index (χ3n) is 5.89. The Morgan fingerprint density at radius 3 is 1.71 bits per heavy atom. The summed E-state index contributed by atoms with van der Waals surface area (Å²) < 4.78 is 6.47. The van der Waals surface area contributed by atoms with Crippen LogP contribution in [-0.2, 0) is 0 Å².